The molecule has 162 valence electrons. The van der Waals surface area contributed by atoms with Crippen LogP contribution in [0.25, 0.3) is 0 Å². The van der Waals surface area contributed by atoms with Crippen molar-refractivity contribution >= 4 is 5.91 Å². The molecule has 2 saturated heterocycles. The van der Waals surface area contributed by atoms with E-state index in [-0.39, 0.29) is 5.92 Å². The van der Waals surface area contributed by atoms with E-state index in [1.165, 1.54) is 44.1 Å². The number of hydrogen-bond acceptors (Lipinski definition) is 3. The van der Waals surface area contributed by atoms with Crippen LogP contribution in [-0.2, 0) is 11.3 Å². The molecule has 4 rings (SSSR count). The molecule has 1 aromatic rings. The summed E-state index contributed by atoms with van der Waals surface area (Å²) >= 11 is 0. The van der Waals surface area contributed by atoms with Gasteiger partial charge in [0.25, 0.3) is 0 Å². The van der Waals surface area contributed by atoms with Gasteiger partial charge in [-0.3, -0.25) is 9.69 Å². The number of likely N-dealkylation sites (tertiary alicyclic amines) is 2. The van der Waals surface area contributed by atoms with Crippen LogP contribution < -0.4 is 0 Å². The van der Waals surface area contributed by atoms with Crippen molar-refractivity contribution < 1.29 is 4.79 Å². The van der Waals surface area contributed by atoms with Crippen molar-refractivity contribution in [1.29, 1.82) is 5.26 Å². The fourth-order valence-electron chi connectivity index (χ4n) is 6.06. The number of hydrogen-bond donors (Lipinski definition) is 0. The Balaban J connectivity index is 1.33. The van der Waals surface area contributed by atoms with E-state index < -0.39 is 0 Å². The van der Waals surface area contributed by atoms with Crippen LogP contribution in [-0.4, -0.2) is 41.9 Å². The number of nitriles is 1. The second-order valence-corrected chi connectivity index (χ2v) is 10.5. The lowest BCUT2D eigenvalue weighted by atomic mass is 9.69. The van der Waals surface area contributed by atoms with Crippen LogP contribution in [0.3, 0.4) is 0 Å². The Hall–Kier alpha value is -1.86. The topological polar surface area (TPSA) is 47.3 Å². The van der Waals surface area contributed by atoms with Gasteiger partial charge in [-0.1, -0.05) is 38.8 Å². The molecule has 0 radical (unpaired) electrons. The van der Waals surface area contributed by atoms with Gasteiger partial charge in [0.15, 0.2) is 0 Å². The van der Waals surface area contributed by atoms with Crippen LogP contribution in [0.15, 0.2) is 24.3 Å². The lowest BCUT2D eigenvalue weighted by molar-refractivity contribution is -0.146. The first-order valence-electron chi connectivity index (χ1n) is 12.0. The molecule has 1 spiro atoms. The highest BCUT2D eigenvalue weighted by atomic mass is 16.2. The molecule has 1 atom stereocenters. The van der Waals surface area contributed by atoms with Crippen LogP contribution in [0.5, 0.6) is 0 Å². The summed E-state index contributed by atoms with van der Waals surface area (Å²) in [5.41, 5.74) is 2.33. The molecule has 1 unspecified atom stereocenters. The zero-order valence-electron chi connectivity index (χ0n) is 18.8. The van der Waals surface area contributed by atoms with Crippen LogP contribution in [0.1, 0.15) is 69.9 Å². The predicted molar refractivity (Wildman–Crippen MR) is 120 cm³/mol. The number of piperidine rings is 2. The van der Waals surface area contributed by atoms with Crippen molar-refractivity contribution in [1.82, 2.24) is 9.80 Å². The SMILES string of the molecule is CC1CCC(CN2CC3(CCN(Cc4ccc(C#N)cc4)CC3)CC(C)C2=O)CC1. The van der Waals surface area contributed by atoms with Gasteiger partial charge in [-0.25, -0.2) is 0 Å². The number of amides is 1. The second-order valence-electron chi connectivity index (χ2n) is 10.5. The minimum Gasteiger partial charge on any atom is -0.342 e. The molecule has 4 nitrogen and oxygen atoms in total. The Morgan fingerprint density at radius 1 is 1.07 bits per heavy atom. The predicted octanol–water partition coefficient (Wildman–Crippen LogP) is 4.84. The van der Waals surface area contributed by atoms with E-state index in [0.717, 1.165) is 50.6 Å². The number of carbonyl (C=O) groups is 1. The van der Waals surface area contributed by atoms with E-state index in [1.807, 2.05) is 12.1 Å². The largest absolute Gasteiger partial charge is 0.342 e. The zero-order chi connectivity index (χ0) is 21.1. The highest BCUT2D eigenvalue weighted by Crippen LogP contribution is 2.43. The maximum Gasteiger partial charge on any atom is 0.225 e. The first-order chi connectivity index (χ1) is 14.5. The van der Waals surface area contributed by atoms with E-state index in [4.69, 9.17) is 5.26 Å². The third kappa shape index (κ3) is 4.89. The average Bonchev–Trinajstić information content (AvgIpc) is 2.76. The van der Waals surface area contributed by atoms with E-state index in [2.05, 4.69) is 41.8 Å². The second kappa shape index (κ2) is 9.10. The van der Waals surface area contributed by atoms with Crippen LogP contribution in [0.4, 0.5) is 0 Å². The van der Waals surface area contributed by atoms with Crippen LogP contribution in [0, 0.1) is 34.5 Å². The van der Waals surface area contributed by atoms with Gasteiger partial charge in [0, 0.05) is 25.6 Å². The standard InChI is InChI=1S/C26H37N3O/c1-20-3-5-24(6-4-20)18-29-19-26(15-21(2)25(29)30)11-13-28(14-12-26)17-23-9-7-22(16-27)8-10-23/h7-10,20-21,24H,3-6,11-15,17-19H2,1-2H3. The molecule has 0 bridgehead atoms. The Labute approximate surface area is 182 Å². The summed E-state index contributed by atoms with van der Waals surface area (Å²) in [4.78, 5) is 17.7. The quantitative estimate of drug-likeness (QED) is 0.718. The van der Waals surface area contributed by atoms with Gasteiger partial charge in [-0.15, -0.1) is 0 Å². The summed E-state index contributed by atoms with van der Waals surface area (Å²) in [7, 11) is 0. The highest BCUT2D eigenvalue weighted by Gasteiger charge is 2.44. The van der Waals surface area contributed by atoms with Gasteiger partial charge < -0.3 is 4.90 Å². The molecule has 3 aliphatic rings. The Morgan fingerprint density at radius 3 is 2.37 bits per heavy atom. The molecule has 30 heavy (non-hydrogen) atoms. The number of rotatable bonds is 4. The maximum atomic E-state index is 12.9. The van der Waals surface area contributed by atoms with Crippen molar-refractivity contribution in [3.63, 3.8) is 0 Å². The third-order valence-corrected chi connectivity index (χ3v) is 8.02. The van der Waals surface area contributed by atoms with Gasteiger partial charge >= 0.3 is 0 Å². The summed E-state index contributed by atoms with van der Waals surface area (Å²) in [6, 6.07) is 10.2. The van der Waals surface area contributed by atoms with Gasteiger partial charge in [-0.05, 0) is 80.1 Å². The molecular weight excluding hydrogens is 370 g/mol. The van der Waals surface area contributed by atoms with Crippen molar-refractivity contribution in [3.05, 3.63) is 35.4 Å². The van der Waals surface area contributed by atoms with Crippen molar-refractivity contribution in [3.8, 4) is 6.07 Å². The van der Waals surface area contributed by atoms with Gasteiger partial charge in [-0.2, -0.15) is 5.26 Å². The van der Waals surface area contributed by atoms with Crippen LogP contribution in [0.2, 0.25) is 0 Å². The third-order valence-electron chi connectivity index (χ3n) is 8.02. The molecule has 0 N–H and O–H groups in total. The molecule has 1 amide bonds. The molecule has 3 fully saturated rings. The Morgan fingerprint density at radius 2 is 1.73 bits per heavy atom. The number of benzene rings is 1. The van der Waals surface area contributed by atoms with E-state index in [0.29, 0.717) is 17.2 Å². The Kier molecular flexibility index (Phi) is 6.48. The van der Waals surface area contributed by atoms with E-state index in [9.17, 15) is 4.79 Å². The summed E-state index contributed by atoms with van der Waals surface area (Å²) < 4.78 is 0. The molecule has 1 aromatic carbocycles. The zero-order valence-corrected chi connectivity index (χ0v) is 18.8. The molecular formula is C26H37N3O. The summed E-state index contributed by atoms with van der Waals surface area (Å²) in [6.45, 7) is 9.67. The lowest BCUT2D eigenvalue weighted by Crippen LogP contribution is -2.55. The smallest absolute Gasteiger partial charge is 0.225 e. The summed E-state index contributed by atoms with van der Waals surface area (Å²) in [5, 5.41) is 8.98. The fourth-order valence-corrected chi connectivity index (χ4v) is 6.06. The maximum absolute atomic E-state index is 12.9. The van der Waals surface area contributed by atoms with Gasteiger partial charge in [0.05, 0.1) is 11.6 Å². The van der Waals surface area contributed by atoms with Crippen molar-refractivity contribution in [2.75, 3.05) is 26.2 Å². The highest BCUT2D eigenvalue weighted by molar-refractivity contribution is 5.79. The summed E-state index contributed by atoms with van der Waals surface area (Å²) in [6.07, 6.45) is 8.71. The number of carbonyl (C=O) groups excluding carboxylic acids is 1. The molecule has 0 aromatic heterocycles. The minimum atomic E-state index is 0.173. The Bertz CT molecular complexity index is 764. The molecule has 1 aliphatic carbocycles. The number of nitrogens with zero attached hydrogens (tertiary/aromatic N) is 3. The first-order valence-corrected chi connectivity index (χ1v) is 12.0. The van der Waals surface area contributed by atoms with Crippen molar-refractivity contribution in [2.24, 2.45) is 23.2 Å². The lowest BCUT2D eigenvalue weighted by Gasteiger charge is -2.50. The van der Waals surface area contributed by atoms with E-state index >= 15 is 0 Å². The molecule has 1 saturated carbocycles. The van der Waals surface area contributed by atoms with Crippen molar-refractivity contribution in [2.45, 2.75) is 65.3 Å². The average molecular weight is 408 g/mol. The molecule has 2 aliphatic heterocycles. The van der Waals surface area contributed by atoms with Gasteiger partial charge in [0.2, 0.25) is 5.91 Å². The molecule has 2 heterocycles. The summed E-state index contributed by atoms with van der Waals surface area (Å²) in [5.74, 6) is 2.15. The first kappa shape index (κ1) is 21.4. The van der Waals surface area contributed by atoms with Gasteiger partial charge in [0.1, 0.15) is 0 Å². The monoisotopic (exact) mass is 407 g/mol. The van der Waals surface area contributed by atoms with Crippen LogP contribution >= 0.6 is 0 Å². The minimum absolute atomic E-state index is 0.173. The van der Waals surface area contributed by atoms with E-state index in [1.54, 1.807) is 0 Å². The fraction of sp³-hybridized carbons (Fsp3) is 0.692. The normalized spacial score (nSPS) is 29.7. The molecule has 4 heteroatoms.